The summed E-state index contributed by atoms with van der Waals surface area (Å²) in [4.78, 5) is 13.1. The van der Waals surface area contributed by atoms with Gasteiger partial charge in [0, 0.05) is 16.3 Å². The number of anilines is 2. The highest BCUT2D eigenvalue weighted by Gasteiger charge is 2.06. The molecule has 2 rings (SSSR count). The molecule has 4 heteroatoms. The molecule has 2 aromatic rings. The van der Waals surface area contributed by atoms with Crippen molar-refractivity contribution < 1.29 is 4.79 Å². The fourth-order valence-corrected chi connectivity index (χ4v) is 2.71. The van der Waals surface area contributed by atoms with Crippen molar-refractivity contribution in [2.24, 2.45) is 0 Å². The molecule has 0 aliphatic carbocycles. The predicted octanol–water partition coefficient (Wildman–Crippen LogP) is 3.92. The number of carbonyl (C=O) groups is 1. The first kappa shape index (κ1) is 15.4. The monoisotopic (exact) mass is 300 g/mol. The summed E-state index contributed by atoms with van der Waals surface area (Å²) in [5, 5.41) is 2.91. The minimum atomic E-state index is -0.0214. The fraction of sp³-hybridized carbons (Fsp3) is 0.235. The van der Waals surface area contributed by atoms with Gasteiger partial charge >= 0.3 is 0 Å². The van der Waals surface area contributed by atoms with Gasteiger partial charge in [-0.15, -0.1) is 11.8 Å². The summed E-state index contributed by atoms with van der Waals surface area (Å²) in [6.07, 6.45) is 0. The van der Waals surface area contributed by atoms with E-state index in [4.69, 9.17) is 5.73 Å². The number of amides is 1. The SMILES string of the molecule is Cc1ccc(SCC(=O)Nc2cc(N)ccc2C)cc1C. The fourth-order valence-electron chi connectivity index (χ4n) is 1.91. The number of rotatable bonds is 4. The zero-order chi connectivity index (χ0) is 15.4. The van der Waals surface area contributed by atoms with Crippen LogP contribution in [-0.2, 0) is 4.79 Å². The molecule has 1 amide bonds. The number of nitrogen functional groups attached to an aromatic ring is 1. The Hall–Kier alpha value is -1.94. The number of carbonyl (C=O) groups excluding carboxylic acids is 1. The third kappa shape index (κ3) is 4.26. The van der Waals surface area contributed by atoms with E-state index in [2.05, 4.69) is 31.3 Å². The van der Waals surface area contributed by atoms with E-state index in [1.54, 1.807) is 6.07 Å². The second-order valence-corrected chi connectivity index (χ2v) is 6.21. The highest BCUT2D eigenvalue weighted by molar-refractivity contribution is 8.00. The van der Waals surface area contributed by atoms with Crippen LogP contribution in [0, 0.1) is 20.8 Å². The molecule has 3 nitrogen and oxygen atoms in total. The van der Waals surface area contributed by atoms with Gasteiger partial charge in [-0.2, -0.15) is 0 Å². The van der Waals surface area contributed by atoms with Gasteiger partial charge in [0.15, 0.2) is 0 Å². The lowest BCUT2D eigenvalue weighted by molar-refractivity contribution is -0.113. The van der Waals surface area contributed by atoms with Crippen molar-refractivity contribution in [1.82, 2.24) is 0 Å². The topological polar surface area (TPSA) is 55.1 Å². The molecule has 21 heavy (non-hydrogen) atoms. The van der Waals surface area contributed by atoms with E-state index in [9.17, 15) is 4.79 Å². The minimum Gasteiger partial charge on any atom is -0.399 e. The number of nitrogens with one attached hydrogen (secondary N) is 1. The van der Waals surface area contributed by atoms with Crippen molar-refractivity contribution in [3.63, 3.8) is 0 Å². The summed E-state index contributed by atoms with van der Waals surface area (Å²) in [5.74, 6) is 0.364. The highest BCUT2D eigenvalue weighted by Crippen LogP contribution is 2.22. The third-order valence-electron chi connectivity index (χ3n) is 3.38. The first-order valence-corrected chi connectivity index (χ1v) is 7.80. The summed E-state index contributed by atoms with van der Waals surface area (Å²) in [6, 6.07) is 11.8. The average Bonchev–Trinajstić information content (AvgIpc) is 2.44. The second-order valence-electron chi connectivity index (χ2n) is 5.16. The average molecular weight is 300 g/mol. The molecule has 0 aliphatic heterocycles. The van der Waals surface area contributed by atoms with Gasteiger partial charge in [-0.1, -0.05) is 12.1 Å². The maximum absolute atomic E-state index is 12.0. The van der Waals surface area contributed by atoms with Crippen molar-refractivity contribution >= 4 is 29.0 Å². The van der Waals surface area contributed by atoms with Crippen LogP contribution in [0.1, 0.15) is 16.7 Å². The van der Waals surface area contributed by atoms with E-state index in [0.717, 1.165) is 16.1 Å². The smallest absolute Gasteiger partial charge is 0.234 e. The van der Waals surface area contributed by atoms with E-state index in [-0.39, 0.29) is 5.91 Å². The van der Waals surface area contributed by atoms with E-state index >= 15 is 0 Å². The molecule has 0 aliphatic rings. The molecule has 0 bridgehead atoms. The Morgan fingerprint density at radius 2 is 1.76 bits per heavy atom. The molecule has 0 unspecified atom stereocenters. The summed E-state index contributed by atoms with van der Waals surface area (Å²) in [5.41, 5.74) is 10.7. The molecular formula is C17H20N2OS. The molecular weight excluding hydrogens is 280 g/mol. The highest BCUT2D eigenvalue weighted by atomic mass is 32.2. The molecule has 0 radical (unpaired) electrons. The van der Waals surface area contributed by atoms with Gasteiger partial charge in [0.05, 0.1) is 5.75 Å². The Kier molecular flexibility index (Phi) is 4.91. The lowest BCUT2D eigenvalue weighted by Gasteiger charge is -2.09. The minimum absolute atomic E-state index is 0.0214. The van der Waals surface area contributed by atoms with Crippen LogP contribution in [0.5, 0.6) is 0 Å². The standard InChI is InChI=1S/C17H20N2OS/c1-11-5-7-15(8-13(11)3)21-10-17(20)19-16-9-14(18)6-4-12(16)2/h4-9H,10,18H2,1-3H3,(H,19,20). The maximum atomic E-state index is 12.0. The Morgan fingerprint density at radius 1 is 1.05 bits per heavy atom. The van der Waals surface area contributed by atoms with Crippen molar-refractivity contribution in [2.45, 2.75) is 25.7 Å². The number of nitrogens with two attached hydrogens (primary N) is 1. The second kappa shape index (κ2) is 6.68. The van der Waals surface area contributed by atoms with E-state index < -0.39 is 0 Å². The quantitative estimate of drug-likeness (QED) is 0.664. The van der Waals surface area contributed by atoms with Gasteiger partial charge < -0.3 is 11.1 Å². The largest absolute Gasteiger partial charge is 0.399 e. The van der Waals surface area contributed by atoms with Gasteiger partial charge in [0.25, 0.3) is 0 Å². The molecule has 0 heterocycles. The van der Waals surface area contributed by atoms with Crippen LogP contribution in [-0.4, -0.2) is 11.7 Å². The van der Waals surface area contributed by atoms with Gasteiger partial charge in [-0.25, -0.2) is 0 Å². The summed E-state index contributed by atoms with van der Waals surface area (Å²) < 4.78 is 0. The van der Waals surface area contributed by atoms with Crippen molar-refractivity contribution in [2.75, 3.05) is 16.8 Å². The molecule has 0 fully saturated rings. The van der Waals surface area contributed by atoms with E-state index in [1.165, 1.54) is 22.9 Å². The van der Waals surface area contributed by atoms with Gasteiger partial charge in [-0.05, 0) is 61.7 Å². The number of hydrogen-bond donors (Lipinski definition) is 2. The van der Waals surface area contributed by atoms with Crippen LogP contribution < -0.4 is 11.1 Å². The van der Waals surface area contributed by atoms with Gasteiger partial charge in [0.1, 0.15) is 0 Å². The van der Waals surface area contributed by atoms with E-state index in [1.807, 2.05) is 25.1 Å². The van der Waals surface area contributed by atoms with Gasteiger partial charge in [0.2, 0.25) is 5.91 Å². The molecule has 0 saturated carbocycles. The van der Waals surface area contributed by atoms with Crippen LogP contribution in [0.3, 0.4) is 0 Å². The van der Waals surface area contributed by atoms with Crippen molar-refractivity contribution in [3.05, 3.63) is 53.1 Å². The number of benzene rings is 2. The first-order chi connectivity index (χ1) is 9.95. The van der Waals surface area contributed by atoms with Crippen molar-refractivity contribution in [3.8, 4) is 0 Å². The van der Waals surface area contributed by atoms with Crippen LogP contribution >= 0.6 is 11.8 Å². The maximum Gasteiger partial charge on any atom is 0.234 e. The molecule has 0 atom stereocenters. The molecule has 0 spiro atoms. The lowest BCUT2D eigenvalue weighted by Crippen LogP contribution is -2.15. The summed E-state index contributed by atoms with van der Waals surface area (Å²) in [7, 11) is 0. The Morgan fingerprint density at radius 3 is 2.48 bits per heavy atom. The van der Waals surface area contributed by atoms with Crippen molar-refractivity contribution in [1.29, 1.82) is 0 Å². The molecule has 2 aromatic carbocycles. The molecule has 3 N–H and O–H groups in total. The number of hydrogen-bond acceptors (Lipinski definition) is 3. The Balaban J connectivity index is 1.95. The number of thioether (sulfide) groups is 1. The van der Waals surface area contributed by atoms with Crippen LogP contribution in [0.15, 0.2) is 41.3 Å². The normalized spacial score (nSPS) is 10.4. The van der Waals surface area contributed by atoms with E-state index in [0.29, 0.717) is 11.4 Å². The third-order valence-corrected chi connectivity index (χ3v) is 4.38. The molecule has 0 saturated heterocycles. The predicted molar refractivity (Wildman–Crippen MR) is 90.9 cm³/mol. The Labute approximate surface area is 129 Å². The first-order valence-electron chi connectivity index (χ1n) is 6.82. The zero-order valence-electron chi connectivity index (χ0n) is 12.6. The Bertz CT molecular complexity index is 668. The molecule has 0 aromatic heterocycles. The van der Waals surface area contributed by atoms with Crippen LogP contribution in [0.4, 0.5) is 11.4 Å². The van der Waals surface area contributed by atoms with Gasteiger partial charge in [-0.3, -0.25) is 4.79 Å². The zero-order valence-corrected chi connectivity index (χ0v) is 13.4. The van der Waals surface area contributed by atoms with Crippen LogP contribution in [0.25, 0.3) is 0 Å². The lowest BCUT2D eigenvalue weighted by atomic mass is 10.1. The summed E-state index contributed by atoms with van der Waals surface area (Å²) in [6.45, 7) is 6.11. The summed E-state index contributed by atoms with van der Waals surface area (Å²) >= 11 is 1.54. The number of aryl methyl sites for hydroxylation is 3. The van der Waals surface area contributed by atoms with Crippen LogP contribution in [0.2, 0.25) is 0 Å². The molecule has 110 valence electrons.